The van der Waals surface area contributed by atoms with Crippen molar-refractivity contribution in [2.75, 3.05) is 11.1 Å². The average Bonchev–Trinajstić information content (AvgIpc) is 2.79. The number of nitrogens with two attached hydrogens (primary N) is 2. The lowest BCUT2D eigenvalue weighted by Gasteiger charge is -2.12. The van der Waals surface area contributed by atoms with Gasteiger partial charge in [0, 0.05) is 30.2 Å². The van der Waals surface area contributed by atoms with E-state index in [2.05, 4.69) is 15.3 Å². The number of hydrogen-bond acceptors (Lipinski definition) is 6. The number of aromatic nitrogens is 1. The highest BCUT2D eigenvalue weighted by molar-refractivity contribution is 6.34. The Hall–Kier alpha value is -3.91. The molecule has 1 amide bonds. The lowest BCUT2D eigenvalue weighted by molar-refractivity contribution is -0.112. The van der Waals surface area contributed by atoms with Crippen LogP contribution in [-0.4, -0.2) is 16.6 Å². The van der Waals surface area contributed by atoms with E-state index in [1.165, 1.54) is 30.6 Å². The van der Waals surface area contributed by atoms with Crippen LogP contribution in [-0.2, 0) is 4.79 Å². The number of nitrogens with one attached hydrogen (secondary N) is 1. The number of hydrogen-bond donors (Lipinski definition) is 3. The molecule has 1 heterocycles. The molecule has 0 aliphatic heterocycles. The van der Waals surface area contributed by atoms with E-state index in [1.54, 1.807) is 0 Å². The number of pyridine rings is 1. The van der Waals surface area contributed by atoms with Crippen LogP contribution in [0.5, 0.6) is 11.5 Å². The number of halogens is 2. The molecular weight excluding hydrogens is 433 g/mol. The maximum atomic E-state index is 14.6. The third-order valence-corrected chi connectivity index (χ3v) is 4.75. The van der Waals surface area contributed by atoms with E-state index in [4.69, 9.17) is 27.8 Å². The van der Waals surface area contributed by atoms with Crippen molar-refractivity contribution in [3.8, 4) is 11.5 Å². The molecule has 32 heavy (non-hydrogen) atoms. The molecule has 0 radical (unpaired) electrons. The second kappa shape index (κ2) is 10.4. The van der Waals surface area contributed by atoms with Crippen LogP contribution in [0.3, 0.4) is 0 Å². The third kappa shape index (κ3) is 5.41. The molecule has 2 aromatic carbocycles. The summed E-state index contributed by atoms with van der Waals surface area (Å²) < 4.78 is 20.1. The molecule has 3 aromatic rings. The molecule has 0 saturated heterocycles. The minimum Gasteiger partial charge on any atom is -0.453 e. The lowest BCUT2D eigenvalue weighted by Crippen LogP contribution is -2.21. The molecule has 0 unspecified atom stereocenters. The van der Waals surface area contributed by atoms with Crippen molar-refractivity contribution < 1.29 is 13.9 Å². The first-order valence-electron chi connectivity index (χ1n) is 9.66. The van der Waals surface area contributed by atoms with Crippen LogP contribution in [0, 0.1) is 5.82 Å². The molecule has 5 N–H and O–H groups in total. The van der Waals surface area contributed by atoms with E-state index < -0.39 is 11.7 Å². The maximum absolute atomic E-state index is 14.6. The molecule has 0 bridgehead atoms. The summed E-state index contributed by atoms with van der Waals surface area (Å²) in [5.74, 6) is -1.08. The maximum Gasteiger partial charge on any atom is 0.258 e. The third-order valence-electron chi connectivity index (χ3n) is 4.37. The highest BCUT2D eigenvalue weighted by Gasteiger charge is 2.17. The highest BCUT2D eigenvalue weighted by Crippen LogP contribution is 2.34. The van der Waals surface area contributed by atoms with Gasteiger partial charge in [-0.25, -0.2) is 9.37 Å². The molecule has 164 valence electrons. The Balaban J connectivity index is 1.77. The van der Waals surface area contributed by atoms with Gasteiger partial charge in [0.1, 0.15) is 10.8 Å². The van der Waals surface area contributed by atoms with Crippen molar-refractivity contribution in [1.82, 2.24) is 4.98 Å². The first-order valence-corrected chi connectivity index (χ1v) is 10.0. The summed E-state index contributed by atoms with van der Waals surface area (Å²) in [5.41, 5.74) is 12.9. The van der Waals surface area contributed by atoms with Gasteiger partial charge in [-0.1, -0.05) is 36.7 Å². The van der Waals surface area contributed by atoms with Crippen molar-refractivity contribution >= 4 is 40.4 Å². The molecule has 1 aromatic heterocycles. The summed E-state index contributed by atoms with van der Waals surface area (Å²) in [6.45, 7) is 1.86. The monoisotopic (exact) mass is 453 g/mol. The molecule has 0 saturated carbocycles. The van der Waals surface area contributed by atoms with Crippen LogP contribution in [0.15, 0.2) is 77.6 Å². The predicted octanol–water partition coefficient (Wildman–Crippen LogP) is 5.21. The summed E-state index contributed by atoms with van der Waals surface area (Å²) >= 11 is 6.03. The van der Waals surface area contributed by atoms with Crippen LogP contribution in [0.1, 0.15) is 13.3 Å². The quantitative estimate of drug-likeness (QED) is 0.335. The first kappa shape index (κ1) is 22.8. The molecule has 0 spiro atoms. The van der Waals surface area contributed by atoms with Gasteiger partial charge in [0.05, 0.1) is 17.0 Å². The summed E-state index contributed by atoms with van der Waals surface area (Å²) in [6.07, 6.45) is 3.05. The van der Waals surface area contributed by atoms with E-state index in [9.17, 15) is 9.18 Å². The molecule has 7 nitrogen and oxygen atoms in total. The van der Waals surface area contributed by atoms with Gasteiger partial charge in [-0.15, -0.1) is 0 Å². The molecule has 9 heteroatoms. The van der Waals surface area contributed by atoms with Gasteiger partial charge in [0.25, 0.3) is 5.91 Å². The first-order chi connectivity index (χ1) is 15.4. The van der Waals surface area contributed by atoms with Gasteiger partial charge >= 0.3 is 0 Å². The molecular formula is C23H21ClFN5O2. The summed E-state index contributed by atoms with van der Waals surface area (Å²) in [6, 6.07) is 14.6. The van der Waals surface area contributed by atoms with Gasteiger partial charge in [-0.3, -0.25) is 9.79 Å². The van der Waals surface area contributed by atoms with E-state index in [0.29, 0.717) is 17.8 Å². The zero-order valence-electron chi connectivity index (χ0n) is 17.2. The van der Waals surface area contributed by atoms with Crippen molar-refractivity contribution in [2.45, 2.75) is 13.3 Å². The van der Waals surface area contributed by atoms with Gasteiger partial charge in [0.15, 0.2) is 17.3 Å². The SMILES string of the molecule is CCC(=Nc1ccccc1)C(=CN)C(=O)Nc1ccc(Oc2ccnc(N)c2Cl)c(F)c1. The van der Waals surface area contributed by atoms with Gasteiger partial charge < -0.3 is 21.5 Å². The zero-order valence-corrected chi connectivity index (χ0v) is 17.9. The topological polar surface area (TPSA) is 116 Å². The van der Waals surface area contributed by atoms with Crippen molar-refractivity contribution in [3.63, 3.8) is 0 Å². The Morgan fingerprint density at radius 2 is 1.97 bits per heavy atom. The van der Waals surface area contributed by atoms with E-state index in [-0.39, 0.29) is 33.6 Å². The fraction of sp³-hybridized carbons (Fsp3) is 0.0870. The smallest absolute Gasteiger partial charge is 0.258 e. The lowest BCUT2D eigenvalue weighted by atomic mass is 10.1. The molecule has 0 aliphatic carbocycles. The fourth-order valence-corrected chi connectivity index (χ4v) is 2.94. The summed E-state index contributed by atoms with van der Waals surface area (Å²) in [4.78, 5) is 21.1. The number of benzene rings is 2. The number of rotatable bonds is 7. The van der Waals surface area contributed by atoms with Crippen molar-refractivity contribution in [2.24, 2.45) is 10.7 Å². The minimum absolute atomic E-state index is 0.0680. The fourth-order valence-electron chi connectivity index (χ4n) is 2.79. The van der Waals surface area contributed by atoms with Crippen LogP contribution >= 0.6 is 11.6 Å². The molecule has 3 rings (SSSR count). The van der Waals surface area contributed by atoms with Crippen molar-refractivity contribution in [3.05, 3.63) is 83.4 Å². The number of anilines is 2. The molecule has 0 atom stereocenters. The highest BCUT2D eigenvalue weighted by atomic mass is 35.5. The molecule has 0 aliphatic rings. The number of para-hydroxylation sites is 1. The average molecular weight is 454 g/mol. The summed E-state index contributed by atoms with van der Waals surface area (Å²) in [5, 5.41) is 2.70. The number of carbonyl (C=O) groups is 1. The number of amides is 1. The number of ether oxygens (including phenoxy) is 1. The van der Waals surface area contributed by atoms with Crippen LogP contribution < -0.4 is 21.5 Å². The van der Waals surface area contributed by atoms with Crippen molar-refractivity contribution in [1.29, 1.82) is 0 Å². The number of nitrogens with zero attached hydrogens (tertiary/aromatic N) is 2. The number of carbonyl (C=O) groups excluding carboxylic acids is 1. The van der Waals surface area contributed by atoms with Gasteiger partial charge in [-0.05, 0) is 30.7 Å². The predicted molar refractivity (Wildman–Crippen MR) is 125 cm³/mol. The normalized spacial score (nSPS) is 11.8. The van der Waals surface area contributed by atoms with Crippen LogP contribution in [0.2, 0.25) is 5.02 Å². The van der Waals surface area contributed by atoms with E-state index in [0.717, 1.165) is 6.07 Å². The zero-order chi connectivity index (χ0) is 23.1. The van der Waals surface area contributed by atoms with E-state index >= 15 is 0 Å². The molecule has 0 fully saturated rings. The standard InChI is InChI=1S/C23H21ClFN5O2/c1-2-18(29-14-6-4-3-5-7-14)16(13-26)23(31)30-15-8-9-19(17(25)12-15)32-20-10-11-28-22(27)21(20)24/h3-13H,2,26H2,1H3,(H2,27,28)(H,30,31). The van der Waals surface area contributed by atoms with Gasteiger partial charge in [-0.2, -0.15) is 0 Å². The Kier molecular flexibility index (Phi) is 7.41. The van der Waals surface area contributed by atoms with E-state index in [1.807, 2.05) is 37.3 Å². The largest absolute Gasteiger partial charge is 0.453 e. The second-order valence-corrected chi connectivity index (χ2v) is 6.92. The minimum atomic E-state index is -0.707. The Labute approximate surface area is 189 Å². The van der Waals surface area contributed by atoms with Crippen LogP contribution in [0.25, 0.3) is 0 Å². The Morgan fingerprint density at radius 3 is 2.62 bits per heavy atom. The second-order valence-electron chi connectivity index (χ2n) is 6.54. The van der Waals surface area contributed by atoms with Gasteiger partial charge in [0.2, 0.25) is 0 Å². The summed E-state index contributed by atoms with van der Waals surface area (Å²) in [7, 11) is 0. The van der Waals surface area contributed by atoms with Crippen LogP contribution in [0.4, 0.5) is 21.6 Å². The number of nitrogen functional groups attached to an aromatic ring is 1. The Bertz CT molecular complexity index is 1180. The number of aliphatic imine (C=N–C) groups is 1. The Morgan fingerprint density at radius 1 is 1.22 bits per heavy atom.